The third-order valence-corrected chi connectivity index (χ3v) is 5.31. The number of anilines is 1. The van der Waals surface area contributed by atoms with Gasteiger partial charge in [0.15, 0.2) is 5.78 Å². The molecule has 0 fully saturated rings. The van der Waals surface area contributed by atoms with Gasteiger partial charge in [-0.15, -0.1) is 0 Å². The molecule has 28 heavy (non-hydrogen) atoms. The Morgan fingerprint density at radius 3 is 2.50 bits per heavy atom. The minimum atomic E-state index is -0.603. The summed E-state index contributed by atoms with van der Waals surface area (Å²) in [5.74, 6) is -0.325. The molecule has 1 aliphatic rings. The second-order valence-electron chi connectivity index (χ2n) is 7.24. The SMILES string of the molecule is Cc1ccc(-n2nc(C)c3c2NC(=O)C[C@@H]3C(=O)c2ccc(O)cc2)cc1C. The Balaban J connectivity index is 1.82. The summed E-state index contributed by atoms with van der Waals surface area (Å²) >= 11 is 0. The van der Waals surface area contributed by atoms with E-state index in [-0.39, 0.29) is 23.9 Å². The van der Waals surface area contributed by atoms with Crippen LogP contribution in [-0.2, 0) is 4.79 Å². The predicted molar refractivity (Wildman–Crippen MR) is 106 cm³/mol. The van der Waals surface area contributed by atoms with Crippen molar-refractivity contribution in [2.75, 3.05) is 5.32 Å². The Morgan fingerprint density at radius 1 is 1.11 bits per heavy atom. The number of nitrogens with one attached hydrogen (secondary N) is 1. The van der Waals surface area contributed by atoms with Crippen LogP contribution in [0.25, 0.3) is 5.69 Å². The van der Waals surface area contributed by atoms with Crippen molar-refractivity contribution in [1.82, 2.24) is 9.78 Å². The number of benzene rings is 2. The highest BCUT2D eigenvalue weighted by Crippen LogP contribution is 2.38. The van der Waals surface area contributed by atoms with Gasteiger partial charge in [0.1, 0.15) is 11.6 Å². The minimum Gasteiger partial charge on any atom is -0.508 e. The molecule has 142 valence electrons. The van der Waals surface area contributed by atoms with Crippen molar-refractivity contribution in [3.8, 4) is 11.4 Å². The molecule has 3 aromatic rings. The van der Waals surface area contributed by atoms with Gasteiger partial charge in [0, 0.05) is 17.5 Å². The maximum atomic E-state index is 13.1. The Bertz CT molecular complexity index is 1100. The van der Waals surface area contributed by atoms with E-state index in [2.05, 4.69) is 10.4 Å². The summed E-state index contributed by atoms with van der Waals surface area (Å²) in [5.41, 5.74) is 5.05. The fourth-order valence-corrected chi connectivity index (χ4v) is 3.64. The third-order valence-electron chi connectivity index (χ3n) is 5.31. The predicted octanol–water partition coefficient (Wildman–Crippen LogP) is 3.81. The van der Waals surface area contributed by atoms with Gasteiger partial charge >= 0.3 is 0 Å². The highest BCUT2D eigenvalue weighted by molar-refractivity contribution is 6.08. The van der Waals surface area contributed by atoms with Crippen LogP contribution < -0.4 is 5.32 Å². The van der Waals surface area contributed by atoms with Crippen LogP contribution in [-0.4, -0.2) is 26.6 Å². The number of amides is 1. The Morgan fingerprint density at radius 2 is 1.82 bits per heavy atom. The molecule has 1 amide bonds. The highest BCUT2D eigenvalue weighted by Gasteiger charge is 2.36. The molecule has 2 aromatic carbocycles. The van der Waals surface area contributed by atoms with E-state index in [1.54, 1.807) is 16.8 Å². The van der Waals surface area contributed by atoms with Crippen molar-refractivity contribution in [2.24, 2.45) is 0 Å². The second kappa shape index (κ2) is 6.64. The van der Waals surface area contributed by atoms with Crippen LogP contribution >= 0.6 is 0 Å². The van der Waals surface area contributed by atoms with E-state index in [0.29, 0.717) is 17.1 Å². The maximum absolute atomic E-state index is 13.1. The van der Waals surface area contributed by atoms with Gasteiger partial charge in [-0.2, -0.15) is 5.10 Å². The molecule has 4 rings (SSSR count). The number of phenols is 1. The van der Waals surface area contributed by atoms with Gasteiger partial charge in [-0.1, -0.05) is 6.07 Å². The molecular weight excluding hydrogens is 354 g/mol. The van der Waals surface area contributed by atoms with Crippen LogP contribution in [0.3, 0.4) is 0 Å². The summed E-state index contributed by atoms with van der Waals surface area (Å²) in [4.78, 5) is 25.5. The molecule has 2 heterocycles. The van der Waals surface area contributed by atoms with Gasteiger partial charge in [0.05, 0.1) is 17.3 Å². The molecule has 2 N–H and O–H groups in total. The lowest BCUT2D eigenvalue weighted by molar-refractivity contribution is -0.116. The number of hydrogen-bond acceptors (Lipinski definition) is 4. The van der Waals surface area contributed by atoms with E-state index in [9.17, 15) is 14.7 Å². The first kappa shape index (κ1) is 18.0. The van der Waals surface area contributed by atoms with Crippen molar-refractivity contribution in [3.63, 3.8) is 0 Å². The lowest BCUT2D eigenvalue weighted by atomic mass is 9.85. The van der Waals surface area contributed by atoms with Gasteiger partial charge in [-0.25, -0.2) is 4.68 Å². The molecule has 0 unspecified atom stereocenters. The first-order valence-electron chi connectivity index (χ1n) is 9.15. The van der Waals surface area contributed by atoms with Gasteiger partial charge in [-0.05, 0) is 68.3 Å². The summed E-state index contributed by atoms with van der Waals surface area (Å²) < 4.78 is 1.70. The lowest BCUT2D eigenvalue weighted by Crippen LogP contribution is -2.28. The quantitative estimate of drug-likeness (QED) is 0.682. The fraction of sp³-hybridized carbons (Fsp3) is 0.227. The summed E-state index contributed by atoms with van der Waals surface area (Å²) in [6.07, 6.45) is 0.0756. The van der Waals surface area contributed by atoms with Crippen molar-refractivity contribution < 1.29 is 14.7 Å². The number of aryl methyl sites for hydroxylation is 3. The highest BCUT2D eigenvalue weighted by atomic mass is 16.3. The molecule has 0 saturated heterocycles. The van der Waals surface area contributed by atoms with Gasteiger partial charge in [0.25, 0.3) is 0 Å². The van der Waals surface area contributed by atoms with Crippen molar-refractivity contribution >= 4 is 17.5 Å². The van der Waals surface area contributed by atoms with E-state index < -0.39 is 5.92 Å². The van der Waals surface area contributed by atoms with Crippen molar-refractivity contribution in [1.29, 1.82) is 0 Å². The number of ketones is 1. The Kier molecular flexibility index (Phi) is 4.26. The summed E-state index contributed by atoms with van der Waals surface area (Å²) in [5, 5.41) is 17.0. The Hall–Kier alpha value is -3.41. The van der Waals surface area contributed by atoms with Gasteiger partial charge in [0.2, 0.25) is 5.91 Å². The number of nitrogens with zero attached hydrogens (tertiary/aromatic N) is 2. The number of carbonyl (C=O) groups is 2. The number of phenolic OH excluding ortho intramolecular Hbond substituents is 1. The van der Waals surface area contributed by atoms with Gasteiger partial charge in [-0.3, -0.25) is 9.59 Å². The number of hydrogen-bond donors (Lipinski definition) is 2. The molecule has 1 aliphatic heterocycles. The number of Topliss-reactive ketones (excluding diaryl/α,β-unsaturated/α-hetero) is 1. The first-order chi connectivity index (χ1) is 13.3. The molecule has 0 aliphatic carbocycles. The number of aromatic nitrogens is 2. The maximum Gasteiger partial charge on any atom is 0.226 e. The largest absolute Gasteiger partial charge is 0.508 e. The topological polar surface area (TPSA) is 84.2 Å². The molecule has 0 radical (unpaired) electrons. The summed E-state index contributed by atoms with van der Waals surface area (Å²) in [6.45, 7) is 5.92. The van der Waals surface area contributed by atoms with E-state index in [0.717, 1.165) is 16.8 Å². The number of rotatable bonds is 3. The van der Waals surface area contributed by atoms with Crippen LogP contribution in [0.15, 0.2) is 42.5 Å². The van der Waals surface area contributed by atoms with Crippen LogP contribution in [0.2, 0.25) is 0 Å². The number of carbonyl (C=O) groups excluding carboxylic acids is 2. The third kappa shape index (κ3) is 2.97. The normalized spacial score (nSPS) is 15.8. The summed E-state index contributed by atoms with van der Waals surface area (Å²) in [7, 11) is 0. The zero-order valence-electron chi connectivity index (χ0n) is 16.0. The molecule has 0 bridgehead atoms. The molecule has 1 aromatic heterocycles. The van der Waals surface area contributed by atoms with Crippen LogP contribution in [0.5, 0.6) is 5.75 Å². The molecule has 6 nitrogen and oxygen atoms in total. The molecular formula is C22H21N3O3. The van der Waals surface area contributed by atoms with Crippen molar-refractivity contribution in [2.45, 2.75) is 33.1 Å². The zero-order chi connectivity index (χ0) is 20.0. The molecule has 1 atom stereocenters. The molecule has 0 saturated carbocycles. The lowest BCUT2D eigenvalue weighted by Gasteiger charge is -2.23. The molecule has 0 spiro atoms. The Labute approximate surface area is 162 Å². The summed E-state index contributed by atoms with van der Waals surface area (Å²) in [6, 6.07) is 12.1. The minimum absolute atomic E-state index is 0.0756. The smallest absolute Gasteiger partial charge is 0.226 e. The fourth-order valence-electron chi connectivity index (χ4n) is 3.64. The zero-order valence-corrected chi connectivity index (χ0v) is 16.0. The number of fused-ring (bicyclic) bond motifs is 1. The van der Waals surface area contributed by atoms with E-state index >= 15 is 0 Å². The van der Waals surface area contributed by atoms with Gasteiger partial charge < -0.3 is 10.4 Å². The molecule has 6 heteroatoms. The standard InChI is InChI=1S/C22H21N3O3/c1-12-4-7-16(10-13(12)2)25-22-20(14(3)24-25)18(11-19(27)23-22)21(28)15-5-8-17(26)9-6-15/h4-10,18,26H,11H2,1-3H3,(H,23,27)/t18-/m0/s1. The van der Waals surface area contributed by atoms with Crippen LogP contribution in [0.4, 0.5) is 5.82 Å². The number of aromatic hydroxyl groups is 1. The van der Waals surface area contributed by atoms with Crippen molar-refractivity contribution in [3.05, 3.63) is 70.4 Å². The van der Waals surface area contributed by atoms with Crippen LogP contribution in [0.1, 0.15) is 45.1 Å². The average Bonchev–Trinajstić information content (AvgIpc) is 3.00. The van der Waals surface area contributed by atoms with Crippen LogP contribution in [0, 0.1) is 20.8 Å². The second-order valence-corrected chi connectivity index (χ2v) is 7.24. The first-order valence-corrected chi connectivity index (χ1v) is 9.15. The van der Waals surface area contributed by atoms with E-state index in [1.807, 2.05) is 39.0 Å². The average molecular weight is 375 g/mol. The van der Waals surface area contributed by atoms with E-state index in [1.165, 1.54) is 17.7 Å². The monoisotopic (exact) mass is 375 g/mol. The van der Waals surface area contributed by atoms with E-state index in [4.69, 9.17) is 0 Å².